The van der Waals surface area contributed by atoms with Crippen LogP contribution in [0.5, 0.6) is 0 Å². The van der Waals surface area contributed by atoms with E-state index in [1.165, 1.54) is 6.42 Å². The predicted molar refractivity (Wildman–Crippen MR) is 103 cm³/mol. The standard InChI is InChI=1S/C17H31N3O4.C2H6/c1-4-17(21)16-14-20(19-18-16)7-9-23-11-13-24-12-10-22-8-5-6-15(2)3;1-2/h14-15H,4-13H2,1-3H3;1-2H3. The molecule has 26 heavy (non-hydrogen) atoms. The van der Waals surface area contributed by atoms with Crippen molar-refractivity contribution in [2.45, 2.75) is 60.4 Å². The second kappa shape index (κ2) is 17.1. The molecule has 1 aromatic rings. The zero-order chi connectivity index (χ0) is 19.6. The Morgan fingerprint density at radius 2 is 1.62 bits per heavy atom. The average molecular weight is 372 g/mol. The molecule has 0 amide bonds. The van der Waals surface area contributed by atoms with Gasteiger partial charge in [-0.3, -0.25) is 4.79 Å². The molecule has 1 rings (SSSR count). The fourth-order valence-electron chi connectivity index (χ4n) is 2.01. The molecule has 0 N–H and O–H groups in total. The number of hydrogen-bond acceptors (Lipinski definition) is 6. The summed E-state index contributed by atoms with van der Waals surface area (Å²) in [5, 5.41) is 7.73. The molecule has 7 nitrogen and oxygen atoms in total. The molecule has 152 valence electrons. The molecule has 7 heteroatoms. The second-order valence-electron chi connectivity index (χ2n) is 6.02. The smallest absolute Gasteiger partial charge is 0.184 e. The fourth-order valence-corrected chi connectivity index (χ4v) is 2.01. The molecule has 0 aliphatic carbocycles. The van der Waals surface area contributed by atoms with Crippen molar-refractivity contribution in [1.82, 2.24) is 15.0 Å². The van der Waals surface area contributed by atoms with Crippen LogP contribution in [0.2, 0.25) is 0 Å². The van der Waals surface area contributed by atoms with E-state index in [4.69, 9.17) is 14.2 Å². The van der Waals surface area contributed by atoms with E-state index in [0.717, 1.165) is 18.9 Å². The van der Waals surface area contributed by atoms with Gasteiger partial charge in [-0.1, -0.05) is 39.8 Å². The highest BCUT2D eigenvalue weighted by Crippen LogP contribution is 2.02. The van der Waals surface area contributed by atoms with Gasteiger partial charge in [-0.25, -0.2) is 4.68 Å². The Labute approximate surface area is 158 Å². The van der Waals surface area contributed by atoms with Crippen LogP contribution < -0.4 is 0 Å². The minimum Gasteiger partial charge on any atom is -0.379 e. The maximum Gasteiger partial charge on any atom is 0.184 e. The molecule has 0 aliphatic heterocycles. The topological polar surface area (TPSA) is 75.5 Å². The number of carbonyl (C=O) groups is 1. The molecule has 0 saturated heterocycles. The van der Waals surface area contributed by atoms with Crippen molar-refractivity contribution in [3.8, 4) is 0 Å². The zero-order valence-electron chi connectivity index (χ0n) is 17.2. The number of hydrogen-bond donors (Lipinski definition) is 0. The fraction of sp³-hybridized carbons (Fsp3) is 0.842. The van der Waals surface area contributed by atoms with E-state index in [2.05, 4.69) is 24.2 Å². The van der Waals surface area contributed by atoms with Crippen molar-refractivity contribution in [1.29, 1.82) is 0 Å². The summed E-state index contributed by atoms with van der Waals surface area (Å²) in [5.41, 5.74) is 0.411. The first-order chi connectivity index (χ1) is 12.6. The van der Waals surface area contributed by atoms with Crippen LogP contribution in [0.3, 0.4) is 0 Å². The van der Waals surface area contributed by atoms with E-state index < -0.39 is 0 Å². The summed E-state index contributed by atoms with van der Waals surface area (Å²) in [7, 11) is 0. The van der Waals surface area contributed by atoms with Gasteiger partial charge in [0.25, 0.3) is 0 Å². The maximum atomic E-state index is 11.4. The van der Waals surface area contributed by atoms with E-state index in [9.17, 15) is 4.79 Å². The molecule has 1 heterocycles. The number of ether oxygens (including phenoxy) is 3. The highest BCUT2D eigenvalue weighted by molar-refractivity contribution is 5.93. The monoisotopic (exact) mass is 371 g/mol. The molecule has 0 radical (unpaired) electrons. The third kappa shape index (κ3) is 13.0. The van der Waals surface area contributed by atoms with E-state index in [0.29, 0.717) is 51.7 Å². The van der Waals surface area contributed by atoms with Crippen molar-refractivity contribution in [3.63, 3.8) is 0 Å². The largest absolute Gasteiger partial charge is 0.379 e. The Balaban J connectivity index is 0.00000301. The van der Waals surface area contributed by atoms with Crippen molar-refractivity contribution in [2.24, 2.45) is 5.92 Å². The van der Waals surface area contributed by atoms with Crippen LogP contribution in [-0.4, -0.2) is 60.4 Å². The van der Waals surface area contributed by atoms with Crippen LogP contribution in [0, 0.1) is 5.92 Å². The van der Waals surface area contributed by atoms with Gasteiger partial charge in [-0.05, 0) is 18.8 Å². The number of aromatic nitrogens is 3. The van der Waals surface area contributed by atoms with Crippen molar-refractivity contribution < 1.29 is 19.0 Å². The SMILES string of the molecule is CC.CCC(=O)c1cn(CCOCCOCCOCCCC(C)C)nn1. The summed E-state index contributed by atoms with van der Waals surface area (Å²) in [4.78, 5) is 11.4. The molecule has 0 fully saturated rings. The third-order valence-corrected chi connectivity index (χ3v) is 3.42. The van der Waals surface area contributed by atoms with E-state index in [1.54, 1.807) is 17.8 Å². The van der Waals surface area contributed by atoms with Gasteiger partial charge in [0, 0.05) is 13.0 Å². The normalized spacial score (nSPS) is 10.7. The zero-order valence-corrected chi connectivity index (χ0v) is 17.2. The Morgan fingerprint density at radius 3 is 2.19 bits per heavy atom. The lowest BCUT2D eigenvalue weighted by atomic mass is 10.1. The van der Waals surface area contributed by atoms with Crippen LogP contribution in [0.25, 0.3) is 0 Å². The summed E-state index contributed by atoms with van der Waals surface area (Å²) < 4.78 is 18.0. The Kier molecular flexibility index (Phi) is 16.3. The molecule has 0 unspecified atom stereocenters. The van der Waals surface area contributed by atoms with Crippen LogP contribution in [0.15, 0.2) is 6.20 Å². The molecular weight excluding hydrogens is 334 g/mol. The Morgan fingerprint density at radius 1 is 1.04 bits per heavy atom. The summed E-state index contributed by atoms with van der Waals surface area (Å²) in [5.74, 6) is 0.736. The second-order valence-corrected chi connectivity index (χ2v) is 6.02. The number of Topliss-reactive ketones (excluding diaryl/α,β-unsaturated/α-hetero) is 1. The van der Waals surface area contributed by atoms with Gasteiger partial charge in [0.2, 0.25) is 0 Å². The van der Waals surface area contributed by atoms with Gasteiger partial charge < -0.3 is 14.2 Å². The summed E-state index contributed by atoms with van der Waals surface area (Å²) in [6, 6.07) is 0. The quantitative estimate of drug-likeness (QED) is 0.347. The minimum atomic E-state index is 0.00185. The lowest BCUT2D eigenvalue weighted by Gasteiger charge is -2.07. The van der Waals surface area contributed by atoms with E-state index in [-0.39, 0.29) is 5.78 Å². The van der Waals surface area contributed by atoms with E-state index in [1.807, 2.05) is 13.8 Å². The molecule has 0 atom stereocenters. The number of nitrogens with zero attached hydrogens (tertiary/aromatic N) is 3. The van der Waals surface area contributed by atoms with Gasteiger partial charge in [-0.15, -0.1) is 5.10 Å². The van der Waals surface area contributed by atoms with Gasteiger partial charge in [-0.2, -0.15) is 0 Å². The van der Waals surface area contributed by atoms with Gasteiger partial charge in [0.15, 0.2) is 5.78 Å². The van der Waals surface area contributed by atoms with Crippen LogP contribution in [-0.2, 0) is 20.8 Å². The number of rotatable bonds is 15. The van der Waals surface area contributed by atoms with Crippen molar-refractivity contribution in [2.75, 3.05) is 39.6 Å². The molecule has 0 aliphatic rings. The summed E-state index contributed by atoms with van der Waals surface area (Å²) in [6.07, 6.45) is 4.40. The molecule has 0 saturated carbocycles. The lowest BCUT2D eigenvalue weighted by molar-refractivity contribution is 0.0118. The Hall–Kier alpha value is -1.31. The highest BCUT2D eigenvalue weighted by atomic mass is 16.5. The first kappa shape index (κ1) is 24.7. The summed E-state index contributed by atoms with van der Waals surface area (Å²) in [6.45, 7) is 14.4. The van der Waals surface area contributed by atoms with Crippen molar-refractivity contribution in [3.05, 3.63) is 11.9 Å². The van der Waals surface area contributed by atoms with Crippen molar-refractivity contribution >= 4 is 5.78 Å². The average Bonchev–Trinajstić information content (AvgIpc) is 3.12. The van der Waals surface area contributed by atoms with Crippen LogP contribution in [0.1, 0.15) is 64.4 Å². The van der Waals surface area contributed by atoms with Crippen LogP contribution in [0.4, 0.5) is 0 Å². The lowest BCUT2D eigenvalue weighted by Crippen LogP contribution is -2.12. The van der Waals surface area contributed by atoms with Crippen LogP contribution >= 0.6 is 0 Å². The van der Waals surface area contributed by atoms with Gasteiger partial charge in [0.05, 0.1) is 45.8 Å². The first-order valence-electron chi connectivity index (χ1n) is 9.80. The highest BCUT2D eigenvalue weighted by Gasteiger charge is 2.07. The molecule has 0 aromatic carbocycles. The summed E-state index contributed by atoms with van der Waals surface area (Å²) >= 11 is 0. The molecular formula is C19H37N3O4. The van der Waals surface area contributed by atoms with E-state index >= 15 is 0 Å². The third-order valence-electron chi connectivity index (χ3n) is 3.42. The first-order valence-corrected chi connectivity index (χ1v) is 9.80. The molecule has 1 aromatic heterocycles. The minimum absolute atomic E-state index is 0.00185. The number of ketones is 1. The van der Waals surface area contributed by atoms with Gasteiger partial charge in [0.1, 0.15) is 5.69 Å². The Bertz CT molecular complexity index is 450. The number of carbonyl (C=O) groups excluding carboxylic acids is 1. The van der Waals surface area contributed by atoms with Gasteiger partial charge >= 0.3 is 0 Å². The molecule has 0 bridgehead atoms. The molecule has 0 spiro atoms. The maximum absolute atomic E-state index is 11.4. The predicted octanol–water partition coefficient (Wildman–Crippen LogP) is 3.38.